The fourth-order valence-corrected chi connectivity index (χ4v) is 6.53. The molecule has 0 radical (unpaired) electrons. The van der Waals surface area contributed by atoms with E-state index in [1.807, 2.05) is 0 Å². The van der Waals surface area contributed by atoms with E-state index in [1.54, 1.807) is 50.2 Å². The number of hydrogen-bond acceptors (Lipinski definition) is 5. The molecule has 268 valence electrons. The number of aliphatic hydroxyl groups is 2. The molecule has 5 nitrogen and oxygen atoms in total. The molecule has 0 aliphatic carbocycles. The zero-order valence-electron chi connectivity index (χ0n) is 30.8. The van der Waals surface area contributed by atoms with Gasteiger partial charge in [-0.1, -0.05) is 179 Å². The van der Waals surface area contributed by atoms with Crippen molar-refractivity contribution in [1.29, 1.82) is 0 Å². The van der Waals surface area contributed by atoms with E-state index in [0.29, 0.717) is 35.1 Å². The van der Waals surface area contributed by atoms with Gasteiger partial charge in [-0.2, -0.15) is 0 Å². The Morgan fingerprint density at radius 3 is 1.04 bits per heavy atom. The summed E-state index contributed by atoms with van der Waals surface area (Å²) in [5, 5.41) is 22.1. The first-order valence-corrected chi connectivity index (χ1v) is 19.3. The summed E-state index contributed by atoms with van der Waals surface area (Å²) in [6.07, 6.45) is 24.4. The minimum Gasteiger partial charge on any atom is -0.382 e. The SMILES string of the molecule is CCCCCCCCCCCCC(C)(O)C(=O)c1cccc(C(=O)c2cccc(C(=O)C(C)(O)CCCCCCCCCCCC)c2)c1. The molecule has 2 atom stereocenters. The lowest BCUT2D eigenvalue weighted by molar-refractivity contribution is 0.0355. The number of ketones is 3. The van der Waals surface area contributed by atoms with Crippen LogP contribution in [-0.2, 0) is 0 Å². The van der Waals surface area contributed by atoms with Crippen LogP contribution in [0.1, 0.15) is 206 Å². The molecule has 0 spiro atoms. The number of carbonyl (C=O) groups excluding carboxylic acids is 3. The highest BCUT2D eigenvalue weighted by Crippen LogP contribution is 2.25. The van der Waals surface area contributed by atoms with Gasteiger partial charge in [0, 0.05) is 22.3 Å². The molecule has 0 heterocycles. The van der Waals surface area contributed by atoms with E-state index in [-0.39, 0.29) is 17.3 Å². The van der Waals surface area contributed by atoms with Crippen molar-refractivity contribution in [3.8, 4) is 0 Å². The minimum atomic E-state index is -1.51. The maximum Gasteiger partial charge on any atom is 0.194 e. The molecule has 0 amide bonds. The maximum absolute atomic E-state index is 13.5. The van der Waals surface area contributed by atoms with Gasteiger partial charge in [0.25, 0.3) is 0 Å². The highest BCUT2D eigenvalue weighted by atomic mass is 16.3. The van der Waals surface area contributed by atoms with E-state index in [4.69, 9.17) is 0 Å². The number of rotatable bonds is 28. The number of unbranched alkanes of at least 4 members (excludes halogenated alkanes) is 18. The highest BCUT2D eigenvalue weighted by molar-refractivity contribution is 6.12. The topological polar surface area (TPSA) is 91.7 Å². The summed E-state index contributed by atoms with van der Waals surface area (Å²) in [6.45, 7) is 7.59. The summed E-state index contributed by atoms with van der Waals surface area (Å²) < 4.78 is 0. The number of Topliss-reactive ketones (excluding diaryl/α,β-unsaturated/α-hetero) is 2. The molecule has 5 heteroatoms. The lowest BCUT2D eigenvalue weighted by atomic mass is 9.87. The Labute approximate surface area is 292 Å². The second-order valence-corrected chi connectivity index (χ2v) is 14.6. The molecule has 2 aromatic carbocycles. The van der Waals surface area contributed by atoms with E-state index in [1.165, 1.54) is 102 Å². The molecule has 48 heavy (non-hydrogen) atoms. The van der Waals surface area contributed by atoms with Crippen molar-refractivity contribution >= 4 is 17.3 Å². The number of carbonyl (C=O) groups is 3. The van der Waals surface area contributed by atoms with E-state index in [0.717, 1.165) is 38.5 Å². The Bertz CT molecular complexity index is 1130. The fourth-order valence-electron chi connectivity index (χ4n) is 6.53. The molecule has 0 aliphatic heterocycles. The summed E-state index contributed by atoms with van der Waals surface area (Å²) in [6, 6.07) is 12.9. The van der Waals surface area contributed by atoms with Crippen LogP contribution in [0, 0.1) is 0 Å². The van der Waals surface area contributed by atoms with Gasteiger partial charge in [-0.25, -0.2) is 0 Å². The quantitative estimate of drug-likeness (QED) is 0.0699. The first-order valence-electron chi connectivity index (χ1n) is 19.3. The largest absolute Gasteiger partial charge is 0.382 e. The predicted molar refractivity (Wildman–Crippen MR) is 199 cm³/mol. The summed E-state index contributed by atoms with van der Waals surface area (Å²) in [7, 11) is 0. The van der Waals surface area contributed by atoms with Crippen molar-refractivity contribution < 1.29 is 24.6 Å². The van der Waals surface area contributed by atoms with Crippen LogP contribution < -0.4 is 0 Å². The average Bonchev–Trinajstić information content (AvgIpc) is 3.09. The van der Waals surface area contributed by atoms with Crippen molar-refractivity contribution in [2.24, 2.45) is 0 Å². The van der Waals surface area contributed by atoms with Crippen LogP contribution in [0.4, 0.5) is 0 Å². The summed E-state index contributed by atoms with van der Waals surface area (Å²) in [4.78, 5) is 40.1. The number of hydrogen-bond donors (Lipinski definition) is 2. The molecule has 2 unspecified atom stereocenters. The first-order chi connectivity index (χ1) is 23.0. The van der Waals surface area contributed by atoms with Gasteiger partial charge in [-0.05, 0) is 38.8 Å². The van der Waals surface area contributed by atoms with Crippen LogP contribution in [0.2, 0.25) is 0 Å². The lowest BCUT2D eigenvalue weighted by Crippen LogP contribution is -2.35. The summed E-state index contributed by atoms with van der Waals surface area (Å²) in [5.74, 6) is -1.09. The van der Waals surface area contributed by atoms with Gasteiger partial charge in [0.1, 0.15) is 11.2 Å². The minimum absolute atomic E-state index is 0.296. The Balaban J connectivity index is 1.88. The van der Waals surface area contributed by atoms with Gasteiger partial charge in [0.15, 0.2) is 17.3 Å². The van der Waals surface area contributed by atoms with Gasteiger partial charge < -0.3 is 10.2 Å². The zero-order chi connectivity index (χ0) is 35.3. The molecule has 2 aromatic rings. The smallest absolute Gasteiger partial charge is 0.194 e. The Hall–Kier alpha value is -2.63. The maximum atomic E-state index is 13.5. The monoisotopic (exact) mass is 662 g/mol. The second kappa shape index (κ2) is 22.9. The Kier molecular flexibility index (Phi) is 19.8. The molecule has 0 fully saturated rings. The third-order valence-corrected chi connectivity index (χ3v) is 9.79. The molecule has 0 aliphatic rings. The Morgan fingerprint density at radius 1 is 0.458 bits per heavy atom. The standard InChI is InChI=1S/C43H66O5/c1-5-7-9-11-13-15-17-19-21-23-31-42(3,47)40(45)37-29-25-27-35(33-37)39(44)36-28-26-30-38(34-36)41(46)43(4,48)32-24-22-20-18-16-14-12-10-8-6-2/h25-30,33-34,47-48H,5-24,31-32H2,1-4H3. The molecule has 0 bridgehead atoms. The van der Waals surface area contributed by atoms with Crippen LogP contribution >= 0.6 is 0 Å². The van der Waals surface area contributed by atoms with Crippen molar-refractivity contribution in [3.05, 3.63) is 70.8 Å². The first kappa shape index (κ1) is 41.5. The van der Waals surface area contributed by atoms with E-state index < -0.39 is 11.2 Å². The van der Waals surface area contributed by atoms with E-state index >= 15 is 0 Å². The van der Waals surface area contributed by atoms with Crippen LogP contribution in [0.5, 0.6) is 0 Å². The van der Waals surface area contributed by atoms with Gasteiger partial charge in [-0.15, -0.1) is 0 Å². The van der Waals surface area contributed by atoms with Gasteiger partial charge in [0.2, 0.25) is 0 Å². The summed E-state index contributed by atoms with van der Waals surface area (Å²) >= 11 is 0. The lowest BCUT2D eigenvalue weighted by Gasteiger charge is -2.22. The normalized spacial score (nSPS) is 14.0. The molecule has 0 saturated heterocycles. The zero-order valence-corrected chi connectivity index (χ0v) is 30.8. The second-order valence-electron chi connectivity index (χ2n) is 14.6. The van der Waals surface area contributed by atoms with Crippen molar-refractivity contribution in [1.82, 2.24) is 0 Å². The Morgan fingerprint density at radius 2 is 0.729 bits per heavy atom. The molecule has 0 aromatic heterocycles. The number of benzene rings is 2. The summed E-state index contributed by atoms with van der Waals surface area (Å²) in [5.41, 5.74) is -1.79. The molecular formula is C43H66O5. The molecule has 2 N–H and O–H groups in total. The van der Waals surface area contributed by atoms with Gasteiger partial charge >= 0.3 is 0 Å². The third kappa shape index (κ3) is 15.3. The average molecular weight is 663 g/mol. The van der Waals surface area contributed by atoms with Crippen molar-refractivity contribution in [2.75, 3.05) is 0 Å². The third-order valence-electron chi connectivity index (χ3n) is 9.79. The van der Waals surface area contributed by atoms with E-state index in [9.17, 15) is 24.6 Å². The van der Waals surface area contributed by atoms with Crippen molar-refractivity contribution in [2.45, 2.75) is 180 Å². The van der Waals surface area contributed by atoms with Crippen molar-refractivity contribution in [3.63, 3.8) is 0 Å². The van der Waals surface area contributed by atoms with Crippen LogP contribution in [0.15, 0.2) is 48.5 Å². The molecular weight excluding hydrogens is 596 g/mol. The fraction of sp³-hybridized carbons (Fsp3) is 0.651. The molecule has 2 rings (SSSR count). The van der Waals surface area contributed by atoms with Gasteiger partial charge in [0.05, 0.1) is 0 Å². The molecule has 0 saturated carbocycles. The predicted octanol–water partition coefficient (Wildman–Crippen LogP) is 11.4. The van der Waals surface area contributed by atoms with Crippen LogP contribution in [0.25, 0.3) is 0 Å². The van der Waals surface area contributed by atoms with Gasteiger partial charge in [-0.3, -0.25) is 14.4 Å². The van der Waals surface area contributed by atoms with Crippen LogP contribution in [-0.4, -0.2) is 38.8 Å². The van der Waals surface area contributed by atoms with E-state index in [2.05, 4.69) is 13.8 Å². The van der Waals surface area contributed by atoms with Crippen LogP contribution in [0.3, 0.4) is 0 Å². The highest BCUT2D eigenvalue weighted by Gasteiger charge is 2.32.